The van der Waals surface area contributed by atoms with Gasteiger partial charge in [0.25, 0.3) is 0 Å². The van der Waals surface area contributed by atoms with Gasteiger partial charge in [0.2, 0.25) is 5.91 Å². The van der Waals surface area contributed by atoms with E-state index in [0.29, 0.717) is 11.5 Å². The zero-order valence-corrected chi connectivity index (χ0v) is 12.4. The summed E-state index contributed by atoms with van der Waals surface area (Å²) < 4.78 is 4.75. The predicted molar refractivity (Wildman–Crippen MR) is 75.5 cm³/mol. The lowest BCUT2D eigenvalue weighted by Gasteiger charge is -2.13. The van der Waals surface area contributed by atoms with Gasteiger partial charge in [-0.3, -0.25) is 19.2 Å². The van der Waals surface area contributed by atoms with E-state index in [0.717, 1.165) is 0 Å². The molecule has 0 bridgehead atoms. The van der Waals surface area contributed by atoms with E-state index in [4.69, 9.17) is 9.84 Å². The van der Waals surface area contributed by atoms with Crippen LogP contribution in [-0.4, -0.2) is 47.0 Å². The first-order valence-electron chi connectivity index (χ1n) is 6.34. The molecule has 8 heteroatoms. The van der Waals surface area contributed by atoms with Gasteiger partial charge in [0.1, 0.15) is 0 Å². The number of thioether (sulfide) groups is 1. The number of aliphatic carboxylic acids is 1. The quantitative estimate of drug-likeness (QED) is 0.374. The second-order valence-corrected chi connectivity index (χ2v) is 5.60. The van der Waals surface area contributed by atoms with Gasteiger partial charge >= 0.3 is 11.9 Å². The number of hydrogen-bond donors (Lipinski definition) is 2. The van der Waals surface area contributed by atoms with Crippen molar-refractivity contribution < 1.29 is 29.0 Å². The van der Waals surface area contributed by atoms with Crippen molar-refractivity contribution in [2.24, 2.45) is 11.8 Å². The minimum atomic E-state index is -1.02. The number of carboxylic acid groups (broad SMARTS) is 1. The molecule has 0 spiro atoms. The number of ether oxygens (including phenoxy) is 1. The van der Waals surface area contributed by atoms with E-state index in [-0.39, 0.29) is 24.8 Å². The lowest BCUT2D eigenvalue weighted by molar-refractivity contribution is -0.145. The van der Waals surface area contributed by atoms with Crippen LogP contribution in [-0.2, 0) is 23.9 Å². The third-order valence-corrected chi connectivity index (χ3v) is 3.94. The summed E-state index contributed by atoms with van der Waals surface area (Å²) in [5.74, 6) is -2.53. The number of rotatable bonds is 8. The molecule has 1 aliphatic rings. The van der Waals surface area contributed by atoms with Crippen molar-refractivity contribution in [1.29, 1.82) is 0 Å². The Bertz CT molecular complexity index is 462. The van der Waals surface area contributed by atoms with Crippen molar-refractivity contribution in [3.05, 3.63) is 12.2 Å². The average molecular weight is 315 g/mol. The molecule has 1 aliphatic carbocycles. The third kappa shape index (κ3) is 5.99. The summed E-state index contributed by atoms with van der Waals surface area (Å²) in [7, 11) is 0. The number of carbonyl (C=O) groups is 4. The zero-order chi connectivity index (χ0) is 15.8. The van der Waals surface area contributed by atoms with Crippen molar-refractivity contribution in [1.82, 2.24) is 5.32 Å². The van der Waals surface area contributed by atoms with Gasteiger partial charge in [0.15, 0.2) is 12.5 Å². The molecule has 0 fully saturated rings. The van der Waals surface area contributed by atoms with Crippen LogP contribution in [0.15, 0.2) is 12.2 Å². The topological polar surface area (TPSA) is 110 Å². The van der Waals surface area contributed by atoms with Gasteiger partial charge < -0.3 is 15.2 Å². The molecule has 0 aromatic carbocycles. The van der Waals surface area contributed by atoms with Gasteiger partial charge in [0.05, 0.1) is 12.3 Å². The highest BCUT2D eigenvalue weighted by Crippen LogP contribution is 2.26. The summed E-state index contributed by atoms with van der Waals surface area (Å²) in [5, 5.41) is 11.3. The number of esters is 1. The summed E-state index contributed by atoms with van der Waals surface area (Å²) in [6, 6.07) is 0. The molecule has 1 amide bonds. The van der Waals surface area contributed by atoms with E-state index in [1.54, 1.807) is 0 Å². The Labute approximate surface area is 126 Å². The second-order valence-electron chi connectivity index (χ2n) is 4.45. The fourth-order valence-corrected chi connectivity index (χ4v) is 2.83. The fourth-order valence-electron chi connectivity index (χ4n) is 1.73. The van der Waals surface area contributed by atoms with Crippen LogP contribution in [0.3, 0.4) is 0 Å². The average Bonchev–Trinajstić information content (AvgIpc) is 2.76. The van der Waals surface area contributed by atoms with Crippen LogP contribution < -0.4 is 5.32 Å². The van der Waals surface area contributed by atoms with Gasteiger partial charge in [-0.25, -0.2) is 0 Å². The maximum absolute atomic E-state index is 11.5. The van der Waals surface area contributed by atoms with E-state index in [2.05, 4.69) is 5.32 Å². The van der Waals surface area contributed by atoms with Gasteiger partial charge in [0, 0.05) is 24.3 Å². The van der Waals surface area contributed by atoms with E-state index in [9.17, 15) is 19.2 Å². The molecule has 0 unspecified atom stereocenters. The highest BCUT2D eigenvalue weighted by Gasteiger charge is 2.34. The molecule has 0 aromatic rings. The standard InChI is InChI=1S/C13H17NO6S/c1-8(15)14-7-20-12(17)4-5-21-6-10-9(13(18)19)2-3-11(10)16/h2-3,9-10H,4-7H2,1H3,(H,14,15)(H,18,19)/t9-,10-/m1/s1. The summed E-state index contributed by atoms with van der Waals surface area (Å²) in [5.41, 5.74) is 0. The summed E-state index contributed by atoms with van der Waals surface area (Å²) in [6.07, 6.45) is 2.83. The molecule has 0 aromatic heterocycles. The smallest absolute Gasteiger partial charge is 0.311 e. The second kappa shape index (κ2) is 8.46. The van der Waals surface area contributed by atoms with Crippen LogP contribution in [0.5, 0.6) is 0 Å². The predicted octanol–water partition coefficient (Wildman–Crippen LogP) is 0.202. The Balaban J connectivity index is 2.19. The van der Waals surface area contributed by atoms with Gasteiger partial charge in [-0.15, -0.1) is 0 Å². The SMILES string of the molecule is CC(=O)NCOC(=O)CCSC[C@H]1C(=O)C=C[C@H]1C(=O)O. The lowest BCUT2D eigenvalue weighted by Crippen LogP contribution is -2.26. The minimum Gasteiger partial charge on any atom is -0.481 e. The molecule has 0 aliphatic heterocycles. The number of carbonyl (C=O) groups excluding carboxylic acids is 3. The number of amides is 1. The van der Waals surface area contributed by atoms with E-state index in [1.807, 2.05) is 0 Å². The normalized spacial score (nSPS) is 20.3. The minimum absolute atomic E-state index is 0.135. The van der Waals surface area contributed by atoms with Crippen molar-refractivity contribution in [3.63, 3.8) is 0 Å². The highest BCUT2D eigenvalue weighted by molar-refractivity contribution is 7.99. The highest BCUT2D eigenvalue weighted by atomic mass is 32.2. The number of ketones is 1. The number of nitrogens with one attached hydrogen (secondary N) is 1. The van der Waals surface area contributed by atoms with Gasteiger partial charge in [-0.2, -0.15) is 11.8 Å². The number of carboxylic acids is 1. The molecule has 0 heterocycles. The van der Waals surface area contributed by atoms with E-state index in [1.165, 1.54) is 30.8 Å². The maximum atomic E-state index is 11.5. The van der Waals surface area contributed by atoms with Crippen molar-refractivity contribution >= 4 is 35.4 Å². The molecule has 116 valence electrons. The molecule has 2 atom stereocenters. The van der Waals surface area contributed by atoms with Crippen molar-refractivity contribution in [2.45, 2.75) is 13.3 Å². The van der Waals surface area contributed by atoms with Crippen LogP contribution in [0.2, 0.25) is 0 Å². The maximum Gasteiger partial charge on any atom is 0.311 e. The van der Waals surface area contributed by atoms with E-state index >= 15 is 0 Å². The summed E-state index contributed by atoms with van der Waals surface area (Å²) in [4.78, 5) is 44.3. The molecular formula is C13H17NO6S. The van der Waals surface area contributed by atoms with Crippen LogP contribution in [0.1, 0.15) is 13.3 Å². The van der Waals surface area contributed by atoms with Crippen LogP contribution in [0, 0.1) is 11.8 Å². The van der Waals surface area contributed by atoms with Gasteiger partial charge in [-0.1, -0.05) is 6.08 Å². The first-order chi connectivity index (χ1) is 9.91. The molecule has 0 saturated heterocycles. The zero-order valence-electron chi connectivity index (χ0n) is 11.5. The largest absolute Gasteiger partial charge is 0.481 e. The fraction of sp³-hybridized carbons (Fsp3) is 0.538. The Morgan fingerprint density at radius 3 is 2.76 bits per heavy atom. The molecule has 7 nitrogen and oxygen atoms in total. The van der Waals surface area contributed by atoms with Crippen molar-refractivity contribution in [2.75, 3.05) is 18.2 Å². The Hall–Kier alpha value is -1.83. The first kappa shape index (κ1) is 17.2. The van der Waals surface area contributed by atoms with Crippen LogP contribution >= 0.6 is 11.8 Å². The number of hydrogen-bond acceptors (Lipinski definition) is 6. The Kier molecular flexibility index (Phi) is 6.93. The molecule has 2 N–H and O–H groups in total. The Morgan fingerprint density at radius 2 is 2.14 bits per heavy atom. The van der Waals surface area contributed by atoms with E-state index < -0.39 is 23.8 Å². The summed E-state index contributed by atoms with van der Waals surface area (Å²) >= 11 is 1.33. The molecular weight excluding hydrogens is 298 g/mol. The third-order valence-electron chi connectivity index (χ3n) is 2.85. The Morgan fingerprint density at radius 1 is 1.43 bits per heavy atom. The van der Waals surface area contributed by atoms with Crippen molar-refractivity contribution in [3.8, 4) is 0 Å². The van der Waals surface area contributed by atoms with Gasteiger partial charge in [-0.05, 0) is 6.08 Å². The van der Waals surface area contributed by atoms with Crippen LogP contribution in [0.4, 0.5) is 0 Å². The monoisotopic (exact) mass is 315 g/mol. The molecule has 0 radical (unpaired) electrons. The first-order valence-corrected chi connectivity index (χ1v) is 7.50. The molecule has 1 rings (SSSR count). The van der Waals surface area contributed by atoms with Crippen LogP contribution in [0.25, 0.3) is 0 Å². The molecule has 0 saturated carbocycles. The number of allylic oxidation sites excluding steroid dienone is 1. The lowest BCUT2D eigenvalue weighted by atomic mass is 9.97. The molecule has 21 heavy (non-hydrogen) atoms. The summed E-state index contributed by atoms with van der Waals surface area (Å²) in [6.45, 7) is 1.15.